The van der Waals surface area contributed by atoms with Gasteiger partial charge in [0.25, 0.3) is 6.43 Å². The molecule has 72 valence electrons. The maximum absolute atomic E-state index is 12.6. The van der Waals surface area contributed by atoms with Crippen LogP contribution in [0.1, 0.15) is 17.7 Å². The maximum atomic E-state index is 12.6. The van der Waals surface area contributed by atoms with Gasteiger partial charge in [0.05, 0.1) is 11.3 Å². The molecule has 0 radical (unpaired) electrons. The molecule has 0 unspecified atom stereocenters. The third kappa shape index (κ3) is 2.12. The van der Waals surface area contributed by atoms with Crippen LogP contribution >= 0.6 is 15.9 Å². The molecule has 13 heavy (non-hydrogen) atoms. The molecule has 2 nitrogen and oxygen atoms in total. The zero-order chi connectivity index (χ0) is 10.0. The zero-order valence-corrected chi connectivity index (χ0v) is 7.98. The van der Waals surface area contributed by atoms with Crippen LogP contribution in [0.3, 0.4) is 0 Å². The molecular formula is C7H6BrF3N2. The Balaban J connectivity index is 3.30. The van der Waals surface area contributed by atoms with E-state index in [0.29, 0.717) is 0 Å². The van der Waals surface area contributed by atoms with Gasteiger partial charge in [0.2, 0.25) is 5.95 Å². The lowest BCUT2D eigenvalue weighted by Crippen LogP contribution is -2.04. The lowest BCUT2D eigenvalue weighted by molar-refractivity contribution is 0.150. The molecule has 0 fully saturated rings. The highest BCUT2D eigenvalue weighted by molar-refractivity contribution is 9.08. The number of nitrogens with zero attached hydrogens (tertiary/aromatic N) is 1. The van der Waals surface area contributed by atoms with Crippen molar-refractivity contribution in [3.8, 4) is 0 Å². The summed E-state index contributed by atoms with van der Waals surface area (Å²) in [6, 6.07) is 0.785. The summed E-state index contributed by atoms with van der Waals surface area (Å²) < 4.78 is 37.3. The Bertz CT molecular complexity index is 317. The second kappa shape index (κ2) is 3.95. The van der Waals surface area contributed by atoms with Crippen LogP contribution < -0.4 is 5.73 Å². The summed E-state index contributed by atoms with van der Waals surface area (Å²) in [5.74, 6) is -0.851. The fourth-order valence-corrected chi connectivity index (χ4v) is 1.38. The summed E-state index contributed by atoms with van der Waals surface area (Å²) in [6.45, 7) is 0. The van der Waals surface area contributed by atoms with Crippen LogP contribution in [-0.2, 0) is 5.33 Å². The minimum Gasteiger partial charge on any atom is -0.398 e. The van der Waals surface area contributed by atoms with E-state index >= 15 is 0 Å². The molecule has 1 aromatic rings. The SMILES string of the molecule is Nc1cc(F)nc(CBr)c1C(F)F. The molecule has 0 bridgehead atoms. The number of hydrogen-bond donors (Lipinski definition) is 1. The highest BCUT2D eigenvalue weighted by Crippen LogP contribution is 2.29. The minimum atomic E-state index is -2.74. The van der Waals surface area contributed by atoms with Crippen LogP contribution in [0, 0.1) is 5.95 Å². The summed E-state index contributed by atoms with van der Waals surface area (Å²) in [6.07, 6.45) is -2.74. The topological polar surface area (TPSA) is 38.9 Å². The number of alkyl halides is 3. The fraction of sp³-hybridized carbons (Fsp3) is 0.286. The van der Waals surface area contributed by atoms with Gasteiger partial charge in [0.15, 0.2) is 0 Å². The molecule has 0 atom stereocenters. The standard InChI is InChI=1S/C7H6BrF3N2/c8-2-4-6(7(10)11)3(12)1-5(9)13-4/h1,7H,2H2,(H2,12,13). The number of anilines is 1. The summed E-state index contributed by atoms with van der Waals surface area (Å²) >= 11 is 2.93. The summed E-state index contributed by atoms with van der Waals surface area (Å²) in [7, 11) is 0. The van der Waals surface area contributed by atoms with E-state index in [1.54, 1.807) is 0 Å². The smallest absolute Gasteiger partial charge is 0.267 e. The summed E-state index contributed by atoms with van der Waals surface area (Å²) in [5, 5.41) is 0.0502. The van der Waals surface area contributed by atoms with Crippen molar-refractivity contribution in [2.45, 2.75) is 11.8 Å². The van der Waals surface area contributed by atoms with Crippen molar-refractivity contribution in [1.82, 2.24) is 4.98 Å². The third-order valence-corrected chi connectivity index (χ3v) is 2.01. The van der Waals surface area contributed by atoms with E-state index < -0.39 is 17.9 Å². The first kappa shape index (κ1) is 10.3. The van der Waals surface area contributed by atoms with E-state index in [1.165, 1.54) is 0 Å². The first-order chi connectivity index (χ1) is 6.06. The molecule has 2 N–H and O–H groups in total. The van der Waals surface area contributed by atoms with Crippen molar-refractivity contribution in [2.75, 3.05) is 5.73 Å². The van der Waals surface area contributed by atoms with Gasteiger partial charge in [-0.3, -0.25) is 0 Å². The van der Waals surface area contributed by atoms with Crippen molar-refractivity contribution >= 4 is 21.6 Å². The zero-order valence-electron chi connectivity index (χ0n) is 6.40. The first-order valence-electron chi connectivity index (χ1n) is 3.35. The molecule has 0 aliphatic rings. The van der Waals surface area contributed by atoms with Gasteiger partial charge >= 0.3 is 0 Å². The summed E-state index contributed by atoms with van der Waals surface area (Å²) in [4.78, 5) is 3.30. The first-order valence-corrected chi connectivity index (χ1v) is 4.47. The largest absolute Gasteiger partial charge is 0.398 e. The molecule has 0 amide bonds. The second-order valence-electron chi connectivity index (χ2n) is 2.33. The molecule has 0 aromatic carbocycles. The van der Waals surface area contributed by atoms with E-state index in [2.05, 4.69) is 20.9 Å². The average molecular weight is 255 g/mol. The second-order valence-corrected chi connectivity index (χ2v) is 2.89. The normalized spacial score (nSPS) is 10.8. The van der Waals surface area contributed by atoms with Gasteiger partial charge in [-0.05, 0) is 0 Å². The molecule has 1 heterocycles. The van der Waals surface area contributed by atoms with Crippen molar-refractivity contribution in [3.63, 3.8) is 0 Å². The third-order valence-electron chi connectivity index (χ3n) is 1.48. The quantitative estimate of drug-likeness (QED) is 0.651. The molecular weight excluding hydrogens is 249 g/mol. The Kier molecular flexibility index (Phi) is 3.13. The van der Waals surface area contributed by atoms with Gasteiger partial charge < -0.3 is 5.73 Å². The summed E-state index contributed by atoms with van der Waals surface area (Å²) in [5.41, 5.74) is 4.48. The maximum Gasteiger partial charge on any atom is 0.267 e. The molecule has 0 saturated heterocycles. The fourth-order valence-electron chi connectivity index (χ4n) is 0.948. The van der Waals surface area contributed by atoms with Crippen molar-refractivity contribution < 1.29 is 13.2 Å². The van der Waals surface area contributed by atoms with Crippen LogP contribution in [0.2, 0.25) is 0 Å². The van der Waals surface area contributed by atoms with E-state index in [0.717, 1.165) is 6.07 Å². The molecule has 0 aliphatic carbocycles. The Hall–Kier alpha value is -0.780. The molecule has 0 spiro atoms. The number of nitrogen functional groups attached to an aromatic ring is 1. The van der Waals surface area contributed by atoms with Crippen molar-refractivity contribution in [3.05, 3.63) is 23.3 Å². The Labute approximate surface area is 81.1 Å². The highest BCUT2D eigenvalue weighted by Gasteiger charge is 2.18. The molecule has 0 aliphatic heterocycles. The predicted octanol–water partition coefficient (Wildman–Crippen LogP) is 2.64. The lowest BCUT2D eigenvalue weighted by Gasteiger charge is -2.08. The van der Waals surface area contributed by atoms with Gasteiger partial charge in [0, 0.05) is 17.1 Å². The minimum absolute atomic E-state index is 0.0502. The van der Waals surface area contributed by atoms with Gasteiger partial charge in [-0.1, -0.05) is 15.9 Å². The average Bonchev–Trinajstić information content (AvgIpc) is 2.01. The monoisotopic (exact) mass is 254 g/mol. The molecule has 0 saturated carbocycles. The van der Waals surface area contributed by atoms with Gasteiger partial charge in [-0.25, -0.2) is 13.8 Å². The van der Waals surface area contributed by atoms with Gasteiger partial charge in [0.1, 0.15) is 0 Å². The molecule has 1 aromatic heterocycles. The number of nitrogens with two attached hydrogens (primary N) is 1. The molecule has 6 heteroatoms. The number of pyridine rings is 1. The number of rotatable bonds is 2. The lowest BCUT2D eigenvalue weighted by atomic mass is 10.2. The van der Waals surface area contributed by atoms with Crippen LogP contribution in [0.4, 0.5) is 18.9 Å². The Morgan fingerprint density at radius 2 is 2.15 bits per heavy atom. The van der Waals surface area contributed by atoms with E-state index in [9.17, 15) is 13.2 Å². The Morgan fingerprint density at radius 1 is 1.54 bits per heavy atom. The van der Waals surface area contributed by atoms with Crippen LogP contribution in [-0.4, -0.2) is 4.98 Å². The van der Waals surface area contributed by atoms with Crippen molar-refractivity contribution in [1.29, 1.82) is 0 Å². The van der Waals surface area contributed by atoms with Crippen LogP contribution in [0.25, 0.3) is 0 Å². The molecule has 1 rings (SSSR count). The van der Waals surface area contributed by atoms with E-state index in [1.807, 2.05) is 0 Å². The highest BCUT2D eigenvalue weighted by atomic mass is 79.9. The van der Waals surface area contributed by atoms with E-state index in [-0.39, 0.29) is 16.7 Å². The van der Waals surface area contributed by atoms with Crippen molar-refractivity contribution in [2.24, 2.45) is 0 Å². The number of hydrogen-bond acceptors (Lipinski definition) is 2. The van der Waals surface area contributed by atoms with Gasteiger partial charge in [-0.15, -0.1) is 0 Å². The van der Waals surface area contributed by atoms with Crippen LogP contribution in [0.15, 0.2) is 6.07 Å². The Morgan fingerprint density at radius 3 is 2.62 bits per heavy atom. The number of aromatic nitrogens is 1. The van der Waals surface area contributed by atoms with Gasteiger partial charge in [-0.2, -0.15) is 4.39 Å². The van der Waals surface area contributed by atoms with E-state index in [4.69, 9.17) is 5.73 Å². The van der Waals surface area contributed by atoms with Crippen LogP contribution in [0.5, 0.6) is 0 Å². The number of halogens is 4. The predicted molar refractivity (Wildman–Crippen MR) is 46.2 cm³/mol.